The Morgan fingerprint density at radius 2 is 1.69 bits per heavy atom. The lowest BCUT2D eigenvalue weighted by Gasteiger charge is -2.19. The van der Waals surface area contributed by atoms with Gasteiger partial charge in [-0.2, -0.15) is 0 Å². The molecule has 0 aliphatic rings. The minimum atomic E-state index is 0.388. The highest BCUT2D eigenvalue weighted by molar-refractivity contribution is 5.79. The van der Waals surface area contributed by atoms with Crippen LogP contribution in [0.15, 0.2) is 17.1 Å². The van der Waals surface area contributed by atoms with Crippen molar-refractivity contribution in [1.29, 1.82) is 0 Å². The highest BCUT2D eigenvalue weighted by Crippen LogP contribution is 2.39. The zero-order valence-corrected chi connectivity index (χ0v) is 17.3. The summed E-state index contributed by atoms with van der Waals surface area (Å²) in [5.74, 6) is 3.53. The van der Waals surface area contributed by atoms with E-state index < -0.39 is 0 Å². The Hall–Kier alpha value is -2.11. The van der Waals surface area contributed by atoms with Crippen LogP contribution < -0.4 is 24.8 Å². The lowest BCUT2D eigenvalue weighted by atomic mass is 10.0. The molecule has 0 aliphatic carbocycles. The minimum absolute atomic E-state index is 0.388. The van der Waals surface area contributed by atoms with E-state index in [1.807, 2.05) is 12.1 Å². The third kappa shape index (κ3) is 6.65. The molecule has 0 saturated heterocycles. The second-order valence-electron chi connectivity index (χ2n) is 6.76. The molecule has 6 nitrogen and oxygen atoms in total. The van der Waals surface area contributed by atoms with Crippen molar-refractivity contribution >= 4 is 5.96 Å². The second kappa shape index (κ2) is 11.5. The summed E-state index contributed by atoms with van der Waals surface area (Å²) in [6, 6.07) is 4.29. The van der Waals surface area contributed by atoms with Crippen molar-refractivity contribution in [2.24, 2.45) is 10.9 Å². The number of nitrogens with one attached hydrogen (secondary N) is 2. The van der Waals surface area contributed by atoms with Crippen LogP contribution in [0.5, 0.6) is 17.2 Å². The molecule has 0 amide bonds. The van der Waals surface area contributed by atoms with Gasteiger partial charge in [-0.15, -0.1) is 0 Å². The average Bonchev–Trinajstić information content (AvgIpc) is 2.64. The number of hydrogen-bond donors (Lipinski definition) is 2. The molecule has 26 heavy (non-hydrogen) atoms. The molecule has 1 aromatic carbocycles. The molecule has 148 valence electrons. The lowest BCUT2D eigenvalue weighted by Crippen LogP contribution is -2.43. The number of methoxy groups -OCH3 is 3. The van der Waals surface area contributed by atoms with Crippen LogP contribution in [0.1, 0.15) is 39.2 Å². The van der Waals surface area contributed by atoms with Crippen LogP contribution in [0.2, 0.25) is 0 Å². The minimum Gasteiger partial charge on any atom is -0.493 e. The molecule has 6 heteroatoms. The Morgan fingerprint density at radius 1 is 1.00 bits per heavy atom. The fraction of sp³-hybridized carbons (Fsp3) is 0.650. The van der Waals surface area contributed by atoms with E-state index in [-0.39, 0.29) is 0 Å². The quantitative estimate of drug-likeness (QED) is 0.492. The highest BCUT2D eigenvalue weighted by atomic mass is 16.5. The average molecular weight is 366 g/mol. The van der Waals surface area contributed by atoms with E-state index in [1.165, 1.54) is 6.42 Å². The second-order valence-corrected chi connectivity index (χ2v) is 6.76. The van der Waals surface area contributed by atoms with Gasteiger partial charge in [0.15, 0.2) is 17.5 Å². The smallest absolute Gasteiger partial charge is 0.203 e. The van der Waals surface area contributed by atoms with E-state index in [0.29, 0.717) is 29.2 Å². The first kappa shape index (κ1) is 21.9. The molecule has 0 aromatic heterocycles. The molecule has 1 rings (SSSR count). The van der Waals surface area contributed by atoms with E-state index in [1.54, 1.807) is 28.4 Å². The monoisotopic (exact) mass is 365 g/mol. The van der Waals surface area contributed by atoms with Crippen LogP contribution in [0.25, 0.3) is 0 Å². The maximum Gasteiger partial charge on any atom is 0.203 e. The summed E-state index contributed by atoms with van der Waals surface area (Å²) < 4.78 is 16.3. The molecule has 0 radical (unpaired) electrons. The Kier molecular flexibility index (Phi) is 9.70. The summed E-state index contributed by atoms with van der Waals surface area (Å²) in [7, 11) is 6.67. The van der Waals surface area contributed by atoms with Crippen LogP contribution >= 0.6 is 0 Å². The molecule has 0 heterocycles. The summed E-state index contributed by atoms with van der Waals surface area (Å²) in [5.41, 5.74) is 1.06. The van der Waals surface area contributed by atoms with Gasteiger partial charge >= 0.3 is 0 Å². The van der Waals surface area contributed by atoms with Gasteiger partial charge < -0.3 is 24.8 Å². The predicted octanol–water partition coefficient (Wildman–Crippen LogP) is 3.24. The van der Waals surface area contributed by atoms with Crippen molar-refractivity contribution in [1.82, 2.24) is 10.6 Å². The number of nitrogens with zero attached hydrogens (tertiary/aromatic N) is 1. The Morgan fingerprint density at radius 3 is 2.23 bits per heavy atom. The van der Waals surface area contributed by atoms with Gasteiger partial charge in [0.2, 0.25) is 5.75 Å². The first-order valence-electron chi connectivity index (χ1n) is 9.21. The van der Waals surface area contributed by atoms with E-state index in [0.717, 1.165) is 30.9 Å². The number of ether oxygens (including phenoxy) is 3. The zero-order valence-electron chi connectivity index (χ0n) is 17.3. The van der Waals surface area contributed by atoms with Crippen LogP contribution in [-0.4, -0.2) is 46.9 Å². The van der Waals surface area contributed by atoms with Crippen molar-refractivity contribution in [3.05, 3.63) is 17.7 Å². The summed E-state index contributed by atoms with van der Waals surface area (Å²) >= 11 is 0. The summed E-state index contributed by atoms with van der Waals surface area (Å²) in [6.45, 7) is 7.42. The first-order chi connectivity index (χ1) is 12.5. The molecule has 0 spiro atoms. The van der Waals surface area contributed by atoms with E-state index in [9.17, 15) is 0 Å². The van der Waals surface area contributed by atoms with Crippen molar-refractivity contribution in [3.8, 4) is 17.2 Å². The third-order valence-corrected chi connectivity index (χ3v) is 4.26. The fourth-order valence-corrected chi connectivity index (χ4v) is 2.76. The number of benzene rings is 1. The van der Waals surface area contributed by atoms with Gasteiger partial charge in [0.05, 0.1) is 21.3 Å². The summed E-state index contributed by atoms with van der Waals surface area (Å²) in [6.07, 6.45) is 3.11. The van der Waals surface area contributed by atoms with E-state index in [4.69, 9.17) is 14.2 Å². The first-order valence-corrected chi connectivity index (χ1v) is 9.21. The third-order valence-electron chi connectivity index (χ3n) is 4.26. The van der Waals surface area contributed by atoms with Gasteiger partial charge in [0.25, 0.3) is 0 Å². The van der Waals surface area contributed by atoms with Gasteiger partial charge in [0, 0.05) is 25.2 Å². The van der Waals surface area contributed by atoms with Crippen LogP contribution in [-0.2, 0) is 6.42 Å². The van der Waals surface area contributed by atoms with E-state index in [2.05, 4.69) is 36.4 Å². The Balaban J connectivity index is 2.63. The largest absolute Gasteiger partial charge is 0.493 e. The van der Waals surface area contributed by atoms with Gasteiger partial charge in [-0.3, -0.25) is 4.99 Å². The number of aliphatic imine (C=N–C) groups is 1. The lowest BCUT2D eigenvalue weighted by molar-refractivity contribution is 0.322. The molecule has 0 bridgehead atoms. The predicted molar refractivity (Wildman–Crippen MR) is 108 cm³/mol. The SMILES string of the molecule is CN=C(NCCc1ccc(OC)c(OC)c1OC)NC(C)CCC(C)C. The molecular formula is C20H35N3O3. The molecule has 1 aromatic rings. The van der Waals surface area contributed by atoms with Gasteiger partial charge in [0.1, 0.15) is 0 Å². The van der Waals surface area contributed by atoms with Gasteiger partial charge in [-0.05, 0) is 38.2 Å². The van der Waals surface area contributed by atoms with Crippen LogP contribution in [0, 0.1) is 5.92 Å². The van der Waals surface area contributed by atoms with Crippen LogP contribution in [0.4, 0.5) is 0 Å². The normalized spacial score (nSPS) is 12.7. The Bertz CT molecular complexity index is 574. The summed E-state index contributed by atoms with van der Waals surface area (Å²) in [4.78, 5) is 4.31. The zero-order chi connectivity index (χ0) is 19.5. The number of rotatable bonds is 10. The fourth-order valence-electron chi connectivity index (χ4n) is 2.76. The topological polar surface area (TPSA) is 64.1 Å². The maximum atomic E-state index is 5.53. The van der Waals surface area contributed by atoms with Crippen molar-refractivity contribution < 1.29 is 14.2 Å². The molecule has 1 unspecified atom stereocenters. The van der Waals surface area contributed by atoms with Crippen molar-refractivity contribution in [3.63, 3.8) is 0 Å². The van der Waals surface area contributed by atoms with Crippen LogP contribution in [0.3, 0.4) is 0 Å². The van der Waals surface area contributed by atoms with Gasteiger partial charge in [-0.1, -0.05) is 19.9 Å². The molecular weight excluding hydrogens is 330 g/mol. The number of guanidine groups is 1. The molecule has 0 fully saturated rings. The van der Waals surface area contributed by atoms with E-state index >= 15 is 0 Å². The molecule has 1 atom stereocenters. The van der Waals surface area contributed by atoms with Crippen molar-refractivity contribution in [2.45, 2.75) is 46.1 Å². The molecule has 0 aliphatic heterocycles. The Labute approximate surface area is 158 Å². The molecule has 0 saturated carbocycles. The maximum absolute atomic E-state index is 5.53. The van der Waals surface area contributed by atoms with Gasteiger partial charge in [-0.25, -0.2) is 0 Å². The standard InChI is InChI=1S/C20H35N3O3/c1-14(2)8-9-15(3)23-20(21-4)22-13-12-16-10-11-17(24-5)19(26-7)18(16)25-6/h10-11,14-15H,8-9,12-13H2,1-7H3,(H2,21,22,23). The molecule has 2 N–H and O–H groups in total. The van der Waals surface area contributed by atoms with Crippen molar-refractivity contribution in [2.75, 3.05) is 34.9 Å². The summed E-state index contributed by atoms with van der Waals surface area (Å²) in [5, 5.41) is 6.81. The number of hydrogen-bond acceptors (Lipinski definition) is 4. The highest BCUT2D eigenvalue weighted by Gasteiger charge is 2.15.